The lowest BCUT2D eigenvalue weighted by molar-refractivity contribution is 0.639. The normalized spacial score (nSPS) is 10.9. The molecule has 0 aliphatic rings. The molecule has 2 aromatic heterocycles. The summed E-state index contributed by atoms with van der Waals surface area (Å²) in [6.45, 7) is 0. The predicted octanol–water partition coefficient (Wildman–Crippen LogP) is 0.933. The Balaban J connectivity index is 2.97. The molecular formula is C6H5FIN5. The van der Waals surface area contributed by atoms with Crippen LogP contribution in [0.25, 0.3) is 11.0 Å². The lowest BCUT2D eigenvalue weighted by atomic mass is 10.4. The minimum absolute atomic E-state index is 0.0426. The SMILES string of the molecule is Nc1nc(N)c2c(F)cn(I)c2n1. The van der Waals surface area contributed by atoms with E-state index in [2.05, 4.69) is 9.97 Å². The Morgan fingerprint density at radius 2 is 2.08 bits per heavy atom. The molecule has 2 heterocycles. The summed E-state index contributed by atoms with van der Waals surface area (Å²) < 4.78 is 14.7. The first-order chi connectivity index (χ1) is 6.09. The number of rotatable bonds is 0. The number of nitrogens with zero attached hydrogens (tertiary/aromatic N) is 3. The van der Waals surface area contributed by atoms with Crippen LogP contribution in [0.5, 0.6) is 0 Å². The van der Waals surface area contributed by atoms with Gasteiger partial charge in [0.25, 0.3) is 0 Å². The van der Waals surface area contributed by atoms with Gasteiger partial charge in [-0.1, -0.05) is 0 Å². The third kappa shape index (κ3) is 1.19. The summed E-state index contributed by atoms with van der Waals surface area (Å²) in [6.07, 6.45) is 1.27. The first-order valence-corrected chi connectivity index (χ1v) is 4.32. The minimum atomic E-state index is -0.443. The number of aromatic nitrogens is 3. The van der Waals surface area contributed by atoms with E-state index in [-0.39, 0.29) is 17.2 Å². The van der Waals surface area contributed by atoms with Crippen molar-refractivity contribution in [3.8, 4) is 0 Å². The molecule has 0 unspecified atom stereocenters. The van der Waals surface area contributed by atoms with E-state index in [9.17, 15) is 4.39 Å². The van der Waals surface area contributed by atoms with Crippen molar-refractivity contribution in [3.05, 3.63) is 12.0 Å². The van der Waals surface area contributed by atoms with E-state index >= 15 is 0 Å². The molecule has 0 bridgehead atoms. The second kappa shape index (κ2) is 2.69. The Kier molecular flexibility index (Phi) is 1.75. The summed E-state index contributed by atoms with van der Waals surface area (Å²) >= 11 is 1.89. The molecule has 0 aliphatic heterocycles. The largest absolute Gasteiger partial charge is 0.383 e. The van der Waals surface area contributed by atoms with Crippen molar-refractivity contribution in [2.75, 3.05) is 11.5 Å². The summed E-state index contributed by atoms with van der Waals surface area (Å²) in [5, 5.41) is 0.212. The highest BCUT2D eigenvalue weighted by molar-refractivity contribution is 14.1. The van der Waals surface area contributed by atoms with E-state index in [0.717, 1.165) is 0 Å². The molecule has 2 rings (SSSR count). The lowest BCUT2D eigenvalue weighted by Crippen LogP contribution is -2.00. The van der Waals surface area contributed by atoms with Gasteiger partial charge in [-0.15, -0.1) is 0 Å². The Labute approximate surface area is 86.4 Å². The van der Waals surface area contributed by atoms with Gasteiger partial charge in [0.05, 0.1) is 34.4 Å². The lowest BCUT2D eigenvalue weighted by Gasteiger charge is -1.97. The summed E-state index contributed by atoms with van der Waals surface area (Å²) in [4.78, 5) is 7.52. The number of nitrogen functional groups attached to an aromatic ring is 2. The summed E-state index contributed by atoms with van der Waals surface area (Å²) in [5.74, 6) is -0.335. The molecule has 13 heavy (non-hydrogen) atoms. The zero-order chi connectivity index (χ0) is 9.59. The third-order valence-corrected chi connectivity index (χ3v) is 2.34. The van der Waals surface area contributed by atoms with Crippen LogP contribution in [0.15, 0.2) is 6.20 Å². The van der Waals surface area contributed by atoms with Gasteiger partial charge in [0, 0.05) is 0 Å². The van der Waals surface area contributed by atoms with Gasteiger partial charge in [-0.3, -0.25) is 2.78 Å². The zero-order valence-corrected chi connectivity index (χ0v) is 8.49. The smallest absolute Gasteiger partial charge is 0.224 e. The van der Waals surface area contributed by atoms with E-state index in [1.807, 2.05) is 22.9 Å². The quantitative estimate of drug-likeness (QED) is 0.708. The van der Waals surface area contributed by atoms with Crippen LogP contribution in [-0.4, -0.2) is 12.7 Å². The molecule has 0 saturated heterocycles. The molecule has 68 valence electrons. The number of fused-ring (bicyclic) bond motifs is 1. The first-order valence-electron chi connectivity index (χ1n) is 3.35. The molecule has 7 heteroatoms. The van der Waals surface area contributed by atoms with Gasteiger partial charge < -0.3 is 11.5 Å². The van der Waals surface area contributed by atoms with Gasteiger partial charge >= 0.3 is 0 Å². The van der Waals surface area contributed by atoms with E-state index in [0.29, 0.717) is 5.65 Å². The van der Waals surface area contributed by atoms with Crippen LogP contribution in [0.2, 0.25) is 0 Å². The fourth-order valence-electron chi connectivity index (χ4n) is 1.09. The van der Waals surface area contributed by atoms with Crippen molar-refractivity contribution in [2.45, 2.75) is 0 Å². The fraction of sp³-hybridized carbons (Fsp3) is 0. The van der Waals surface area contributed by atoms with Crippen molar-refractivity contribution >= 4 is 45.7 Å². The first kappa shape index (κ1) is 8.48. The van der Waals surface area contributed by atoms with E-state index in [1.165, 1.54) is 8.98 Å². The Bertz CT molecular complexity index is 479. The van der Waals surface area contributed by atoms with Crippen LogP contribution >= 0.6 is 22.9 Å². The fourth-order valence-corrected chi connectivity index (χ4v) is 1.69. The predicted molar refractivity (Wildman–Crippen MR) is 55.7 cm³/mol. The van der Waals surface area contributed by atoms with Gasteiger partial charge in [-0.05, 0) is 0 Å². The molecule has 0 fully saturated rings. The van der Waals surface area contributed by atoms with Gasteiger partial charge in [0.15, 0.2) is 11.5 Å². The van der Waals surface area contributed by atoms with Crippen LogP contribution in [0, 0.1) is 5.82 Å². The van der Waals surface area contributed by atoms with Crippen molar-refractivity contribution < 1.29 is 4.39 Å². The average Bonchev–Trinajstić information content (AvgIpc) is 2.27. The molecular weight excluding hydrogens is 288 g/mol. The van der Waals surface area contributed by atoms with Crippen molar-refractivity contribution in [1.82, 2.24) is 12.7 Å². The molecule has 2 aromatic rings. The maximum Gasteiger partial charge on any atom is 0.224 e. The van der Waals surface area contributed by atoms with E-state index in [4.69, 9.17) is 11.5 Å². The summed E-state index contributed by atoms with van der Waals surface area (Å²) in [7, 11) is 0. The van der Waals surface area contributed by atoms with Crippen LogP contribution < -0.4 is 11.5 Å². The van der Waals surface area contributed by atoms with Gasteiger partial charge in [0.1, 0.15) is 5.82 Å². The molecule has 4 N–H and O–H groups in total. The molecule has 0 spiro atoms. The molecule has 0 atom stereocenters. The highest BCUT2D eigenvalue weighted by Gasteiger charge is 2.13. The molecule has 0 saturated carbocycles. The number of nitrogens with two attached hydrogens (primary N) is 2. The number of hydrogen-bond acceptors (Lipinski definition) is 4. The minimum Gasteiger partial charge on any atom is -0.383 e. The zero-order valence-electron chi connectivity index (χ0n) is 6.33. The Morgan fingerprint density at radius 1 is 1.38 bits per heavy atom. The van der Waals surface area contributed by atoms with Gasteiger partial charge in [-0.25, -0.2) is 4.39 Å². The average molecular weight is 293 g/mol. The Hall–Kier alpha value is -1.12. The topological polar surface area (TPSA) is 82.7 Å². The van der Waals surface area contributed by atoms with Crippen LogP contribution in [-0.2, 0) is 0 Å². The monoisotopic (exact) mass is 293 g/mol. The highest BCUT2D eigenvalue weighted by atomic mass is 127. The molecule has 5 nitrogen and oxygen atoms in total. The van der Waals surface area contributed by atoms with Gasteiger partial charge in [-0.2, -0.15) is 9.97 Å². The molecule has 0 radical (unpaired) electrons. The number of halogens is 2. The number of anilines is 2. The standard InChI is InChI=1S/C6H5FIN5/c7-2-1-13(8)5-3(2)4(9)11-6(10)12-5/h1H,(H4,9,10,11,12). The summed E-state index contributed by atoms with van der Waals surface area (Å²) in [6, 6.07) is 0. The molecule has 0 aromatic carbocycles. The van der Waals surface area contributed by atoms with Crippen LogP contribution in [0.4, 0.5) is 16.2 Å². The second-order valence-electron chi connectivity index (χ2n) is 2.45. The number of hydrogen-bond donors (Lipinski definition) is 2. The van der Waals surface area contributed by atoms with Crippen LogP contribution in [0.3, 0.4) is 0 Å². The highest BCUT2D eigenvalue weighted by Crippen LogP contribution is 2.24. The van der Waals surface area contributed by atoms with Crippen LogP contribution in [0.1, 0.15) is 0 Å². The maximum absolute atomic E-state index is 13.2. The van der Waals surface area contributed by atoms with E-state index < -0.39 is 5.82 Å². The third-order valence-electron chi connectivity index (χ3n) is 1.60. The maximum atomic E-state index is 13.2. The summed E-state index contributed by atoms with van der Waals surface area (Å²) in [5.41, 5.74) is 11.2. The van der Waals surface area contributed by atoms with E-state index in [1.54, 1.807) is 0 Å². The van der Waals surface area contributed by atoms with Gasteiger partial charge in [0.2, 0.25) is 5.95 Å². The Morgan fingerprint density at radius 3 is 2.77 bits per heavy atom. The molecule has 0 amide bonds. The second-order valence-corrected chi connectivity index (χ2v) is 3.49. The molecule has 0 aliphatic carbocycles. The van der Waals surface area contributed by atoms with Crippen molar-refractivity contribution in [3.63, 3.8) is 0 Å². The van der Waals surface area contributed by atoms with Crippen molar-refractivity contribution in [1.29, 1.82) is 0 Å². The van der Waals surface area contributed by atoms with Crippen molar-refractivity contribution in [2.24, 2.45) is 0 Å².